The Balaban J connectivity index is 1.88. The third-order valence-corrected chi connectivity index (χ3v) is 3.72. The van der Waals surface area contributed by atoms with Gasteiger partial charge in [-0.1, -0.05) is 6.42 Å². The molecule has 1 aliphatic carbocycles. The molecule has 1 aromatic heterocycles. The molecule has 0 atom stereocenters. The molecule has 0 radical (unpaired) electrons. The van der Waals surface area contributed by atoms with E-state index in [1.54, 1.807) is 17.5 Å². The highest BCUT2D eigenvalue weighted by molar-refractivity contribution is 7.13. The number of rotatable bonds is 5. The lowest BCUT2D eigenvalue weighted by molar-refractivity contribution is -0.141. The standard InChI is InChI=1S/C10H14N2O2S/c13-8(14)6-10(2-1-3-10)7-12-9-11-4-5-15-9/h4-5H,1-3,6-7H2,(H,11,12)(H,13,14). The lowest BCUT2D eigenvalue weighted by atomic mass is 9.66. The third-order valence-electron chi connectivity index (χ3n) is 2.99. The number of hydrogen-bond acceptors (Lipinski definition) is 4. The van der Waals surface area contributed by atoms with Crippen LogP contribution >= 0.6 is 11.3 Å². The molecule has 1 saturated carbocycles. The second kappa shape index (κ2) is 4.18. The lowest BCUT2D eigenvalue weighted by Gasteiger charge is -2.40. The summed E-state index contributed by atoms with van der Waals surface area (Å²) in [5.41, 5.74) is -0.0303. The zero-order valence-corrected chi connectivity index (χ0v) is 9.22. The summed E-state index contributed by atoms with van der Waals surface area (Å²) in [6.45, 7) is 0.729. The zero-order valence-electron chi connectivity index (χ0n) is 8.40. The molecule has 0 aromatic carbocycles. The van der Waals surface area contributed by atoms with Crippen LogP contribution in [0.5, 0.6) is 0 Å². The van der Waals surface area contributed by atoms with Crippen LogP contribution in [0.2, 0.25) is 0 Å². The first kappa shape index (κ1) is 10.4. The molecule has 4 nitrogen and oxygen atoms in total. The van der Waals surface area contributed by atoms with Gasteiger partial charge in [-0.2, -0.15) is 0 Å². The second-order valence-corrected chi connectivity index (χ2v) is 5.01. The Morgan fingerprint density at radius 3 is 2.93 bits per heavy atom. The fourth-order valence-corrected chi connectivity index (χ4v) is 2.52. The lowest BCUT2D eigenvalue weighted by Crippen LogP contribution is -2.38. The molecule has 82 valence electrons. The van der Waals surface area contributed by atoms with E-state index in [4.69, 9.17) is 5.11 Å². The molecule has 1 aliphatic rings. The summed E-state index contributed by atoms with van der Waals surface area (Å²) >= 11 is 1.55. The van der Waals surface area contributed by atoms with Crippen molar-refractivity contribution in [1.82, 2.24) is 4.98 Å². The molecule has 0 bridgehead atoms. The Hall–Kier alpha value is -1.10. The van der Waals surface area contributed by atoms with Gasteiger partial charge in [0.1, 0.15) is 0 Å². The molecule has 0 spiro atoms. The zero-order chi connectivity index (χ0) is 10.7. The third kappa shape index (κ3) is 2.47. The van der Waals surface area contributed by atoms with Crippen molar-refractivity contribution in [3.05, 3.63) is 11.6 Å². The summed E-state index contributed by atoms with van der Waals surface area (Å²) in [6.07, 6.45) is 5.19. The Labute approximate surface area is 92.3 Å². The summed E-state index contributed by atoms with van der Waals surface area (Å²) in [5, 5.41) is 14.8. The van der Waals surface area contributed by atoms with E-state index >= 15 is 0 Å². The number of carboxylic acid groups (broad SMARTS) is 1. The first-order valence-corrected chi connectivity index (χ1v) is 5.93. The average molecular weight is 226 g/mol. The van der Waals surface area contributed by atoms with E-state index in [0.717, 1.165) is 30.9 Å². The first-order valence-electron chi connectivity index (χ1n) is 5.05. The van der Waals surface area contributed by atoms with E-state index in [9.17, 15) is 4.79 Å². The maximum Gasteiger partial charge on any atom is 0.303 e. The molecule has 0 aliphatic heterocycles. The van der Waals surface area contributed by atoms with E-state index in [2.05, 4.69) is 10.3 Å². The minimum absolute atomic E-state index is 0.0303. The number of nitrogens with one attached hydrogen (secondary N) is 1. The number of carboxylic acids is 1. The molecule has 1 aromatic rings. The van der Waals surface area contributed by atoms with Crippen molar-refractivity contribution in [3.63, 3.8) is 0 Å². The molecule has 2 rings (SSSR count). The van der Waals surface area contributed by atoms with E-state index < -0.39 is 5.97 Å². The van der Waals surface area contributed by atoms with Gasteiger partial charge in [-0.25, -0.2) is 4.98 Å². The summed E-state index contributed by atoms with van der Waals surface area (Å²) in [6, 6.07) is 0. The molecule has 0 saturated heterocycles. The number of thiazole rings is 1. The first-order chi connectivity index (χ1) is 7.20. The second-order valence-electron chi connectivity index (χ2n) is 4.11. The van der Waals surface area contributed by atoms with Gasteiger partial charge < -0.3 is 10.4 Å². The highest BCUT2D eigenvalue weighted by atomic mass is 32.1. The fourth-order valence-electron chi connectivity index (χ4n) is 1.99. The van der Waals surface area contributed by atoms with Crippen LogP contribution in [0.25, 0.3) is 0 Å². The van der Waals surface area contributed by atoms with Crippen molar-refractivity contribution in [2.24, 2.45) is 5.41 Å². The maximum atomic E-state index is 10.7. The van der Waals surface area contributed by atoms with Gasteiger partial charge in [0, 0.05) is 18.1 Å². The quantitative estimate of drug-likeness (QED) is 0.808. The van der Waals surface area contributed by atoms with Crippen LogP contribution in [0.1, 0.15) is 25.7 Å². The van der Waals surface area contributed by atoms with Crippen molar-refractivity contribution in [1.29, 1.82) is 0 Å². The van der Waals surface area contributed by atoms with Gasteiger partial charge in [0.05, 0.1) is 6.42 Å². The van der Waals surface area contributed by atoms with E-state index in [1.165, 1.54) is 0 Å². The highest BCUT2D eigenvalue weighted by Gasteiger charge is 2.38. The minimum atomic E-state index is -0.698. The molecule has 1 heterocycles. The van der Waals surface area contributed by atoms with Gasteiger partial charge in [0.15, 0.2) is 5.13 Å². The number of aromatic nitrogens is 1. The Morgan fingerprint density at radius 2 is 2.47 bits per heavy atom. The van der Waals surface area contributed by atoms with Gasteiger partial charge in [-0.3, -0.25) is 4.79 Å². The molecule has 15 heavy (non-hydrogen) atoms. The van der Waals surface area contributed by atoms with Crippen molar-refractivity contribution >= 4 is 22.4 Å². The normalized spacial score (nSPS) is 18.1. The van der Waals surface area contributed by atoms with Crippen LogP contribution < -0.4 is 5.32 Å². The van der Waals surface area contributed by atoms with Crippen LogP contribution in [0.3, 0.4) is 0 Å². The van der Waals surface area contributed by atoms with Gasteiger partial charge in [0.2, 0.25) is 0 Å². The topological polar surface area (TPSA) is 62.2 Å². The number of aliphatic carboxylic acids is 1. The van der Waals surface area contributed by atoms with Crippen LogP contribution in [-0.2, 0) is 4.79 Å². The maximum absolute atomic E-state index is 10.7. The van der Waals surface area contributed by atoms with Gasteiger partial charge >= 0.3 is 5.97 Å². The van der Waals surface area contributed by atoms with Gasteiger partial charge in [-0.15, -0.1) is 11.3 Å². The van der Waals surface area contributed by atoms with E-state index in [0.29, 0.717) is 0 Å². The van der Waals surface area contributed by atoms with E-state index in [1.807, 2.05) is 5.38 Å². The fraction of sp³-hybridized carbons (Fsp3) is 0.600. The van der Waals surface area contributed by atoms with Crippen molar-refractivity contribution in [2.45, 2.75) is 25.7 Å². The largest absolute Gasteiger partial charge is 0.481 e. The number of nitrogens with zero attached hydrogens (tertiary/aromatic N) is 1. The smallest absolute Gasteiger partial charge is 0.303 e. The predicted molar refractivity (Wildman–Crippen MR) is 59.1 cm³/mol. The minimum Gasteiger partial charge on any atom is -0.481 e. The summed E-state index contributed by atoms with van der Waals surface area (Å²) in [4.78, 5) is 14.8. The molecule has 2 N–H and O–H groups in total. The van der Waals surface area contributed by atoms with E-state index in [-0.39, 0.29) is 11.8 Å². The summed E-state index contributed by atoms with van der Waals surface area (Å²) in [5.74, 6) is -0.698. The van der Waals surface area contributed by atoms with Gasteiger partial charge in [-0.05, 0) is 18.3 Å². The van der Waals surface area contributed by atoms with Gasteiger partial charge in [0.25, 0.3) is 0 Å². The van der Waals surface area contributed by atoms with Crippen LogP contribution in [0, 0.1) is 5.41 Å². The monoisotopic (exact) mass is 226 g/mol. The number of hydrogen-bond donors (Lipinski definition) is 2. The highest BCUT2D eigenvalue weighted by Crippen LogP contribution is 2.44. The summed E-state index contributed by atoms with van der Waals surface area (Å²) in [7, 11) is 0. The molecule has 0 amide bonds. The van der Waals surface area contributed by atoms with Crippen molar-refractivity contribution < 1.29 is 9.90 Å². The number of anilines is 1. The average Bonchev–Trinajstić information content (AvgIpc) is 2.61. The van der Waals surface area contributed by atoms with Crippen molar-refractivity contribution in [3.8, 4) is 0 Å². The van der Waals surface area contributed by atoms with Crippen LogP contribution in [0.15, 0.2) is 11.6 Å². The molecule has 5 heteroatoms. The Kier molecular flexibility index (Phi) is 2.90. The Morgan fingerprint density at radius 1 is 1.67 bits per heavy atom. The van der Waals surface area contributed by atoms with Crippen molar-refractivity contribution in [2.75, 3.05) is 11.9 Å². The SMILES string of the molecule is O=C(O)CC1(CNc2nccs2)CCC1. The predicted octanol–water partition coefficient (Wildman–Crippen LogP) is 2.20. The molecule has 0 unspecified atom stereocenters. The molecule has 1 fully saturated rings. The molecular formula is C10H14N2O2S. The summed E-state index contributed by atoms with van der Waals surface area (Å²) < 4.78 is 0. The number of carbonyl (C=O) groups is 1. The Bertz CT molecular complexity index is 333. The molecular weight excluding hydrogens is 212 g/mol. The van der Waals surface area contributed by atoms with Crippen LogP contribution in [0.4, 0.5) is 5.13 Å². The van der Waals surface area contributed by atoms with Crippen LogP contribution in [-0.4, -0.2) is 22.6 Å².